The lowest BCUT2D eigenvalue weighted by molar-refractivity contribution is -0.143. The van der Waals surface area contributed by atoms with E-state index in [1.165, 1.54) is 0 Å². The highest BCUT2D eigenvalue weighted by Crippen LogP contribution is 2.12. The van der Waals surface area contributed by atoms with E-state index in [1.807, 2.05) is 13.8 Å². The number of carboxylic acid groups (broad SMARTS) is 1. The number of unbranched alkanes of at least 4 members (excludes halogenated alkanes) is 1. The molecule has 0 aromatic carbocycles. The smallest absolute Gasteiger partial charge is 0.328 e. The Morgan fingerprint density at radius 2 is 1.94 bits per heavy atom. The molecular formula is C11H21NO4. The Kier molecular flexibility index (Phi) is 7.54. The van der Waals surface area contributed by atoms with Crippen LogP contribution in [-0.2, 0) is 9.59 Å². The highest BCUT2D eigenvalue weighted by molar-refractivity contribution is 5.84. The Bertz CT molecular complexity index is 230. The van der Waals surface area contributed by atoms with Gasteiger partial charge in [0.25, 0.3) is 0 Å². The standard InChI is InChI=1S/C11H21NO4/c1-3-5-6-8(4-2)10(14)12-9(7-13)11(15)16/h8-9,13H,3-7H2,1-2H3,(H,12,14)(H,15,16)/t8?,9-/m1/s1. The number of carbonyl (C=O) groups excluding carboxylic acids is 1. The minimum atomic E-state index is -1.21. The van der Waals surface area contributed by atoms with Crippen LogP contribution in [0.15, 0.2) is 0 Å². The molecule has 0 radical (unpaired) electrons. The topological polar surface area (TPSA) is 86.6 Å². The summed E-state index contributed by atoms with van der Waals surface area (Å²) in [6.45, 7) is 3.36. The van der Waals surface area contributed by atoms with Gasteiger partial charge >= 0.3 is 5.97 Å². The van der Waals surface area contributed by atoms with Crippen molar-refractivity contribution in [2.45, 2.75) is 45.6 Å². The summed E-state index contributed by atoms with van der Waals surface area (Å²) in [7, 11) is 0. The molecule has 0 aliphatic heterocycles. The van der Waals surface area contributed by atoms with Crippen molar-refractivity contribution in [1.82, 2.24) is 5.32 Å². The van der Waals surface area contributed by atoms with Crippen molar-refractivity contribution in [3.05, 3.63) is 0 Å². The summed E-state index contributed by atoms with van der Waals surface area (Å²) < 4.78 is 0. The number of aliphatic hydroxyl groups is 1. The zero-order valence-electron chi connectivity index (χ0n) is 9.90. The van der Waals surface area contributed by atoms with Gasteiger partial charge in [-0.2, -0.15) is 0 Å². The predicted octanol–water partition coefficient (Wildman–Crippen LogP) is 0.764. The van der Waals surface area contributed by atoms with Gasteiger partial charge in [0.15, 0.2) is 0 Å². The summed E-state index contributed by atoms with van der Waals surface area (Å²) in [5, 5.41) is 19.8. The van der Waals surface area contributed by atoms with Crippen molar-refractivity contribution >= 4 is 11.9 Å². The van der Waals surface area contributed by atoms with Gasteiger partial charge in [-0.3, -0.25) is 4.79 Å². The molecule has 0 rings (SSSR count). The van der Waals surface area contributed by atoms with E-state index in [9.17, 15) is 9.59 Å². The number of amides is 1. The van der Waals surface area contributed by atoms with Gasteiger partial charge in [0.1, 0.15) is 6.04 Å². The maximum atomic E-state index is 11.7. The quantitative estimate of drug-likeness (QED) is 0.575. The molecule has 0 spiro atoms. The fraction of sp³-hybridized carbons (Fsp3) is 0.818. The molecule has 0 heterocycles. The Balaban J connectivity index is 4.23. The minimum Gasteiger partial charge on any atom is -0.480 e. The molecule has 0 aliphatic carbocycles. The van der Waals surface area contributed by atoms with Gasteiger partial charge in [-0.05, 0) is 12.8 Å². The molecule has 2 atom stereocenters. The number of carbonyl (C=O) groups is 2. The fourth-order valence-corrected chi connectivity index (χ4v) is 1.45. The van der Waals surface area contributed by atoms with Crippen molar-refractivity contribution in [2.75, 3.05) is 6.61 Å². The number of aliphatic hydroxyl groups excluding tert-OH is 1. The van der Waals surface area contributed by atoms with Crippen molar-refractivity contribution in [3.8, 4) is 0 Å². The van der Waals surface area contributed by atoms with Crippen LogP contribution in [0.2, 0.25) is 0 Å². The van der Waals surface area contributed by atoms with Crippen LogP contribution in [0.3, 0.4) is 0 Å². The zero-order valence-corrected chi connectivity index (χ0v) is 9.90. The largest absolute Gasteiger partial charge is 0.480 e. The monoisotopic (exact) mass is 231 g/mol. The molecule has 1 amide bonds. The van der Waals surface area contributed by atoms with Crippen molar-refractivity contribution in [1.29, 1.82) is 0 Å². The van der Waals surface area contributed by atoms with Crippen LogP contribution in [0.25, 0.3) is 0 Å². The van der Waals surface area contributed by atoms with E-state index < -0.39 is 18.6 Å². The highest BCUT2D eigenvalue weighted by Gasteiger charge is 2.23. The highest BCUT2D eigenvalue weighted by atomic mass is 16.4. The Hall–Kier alpha value is -1.10. The second kappa shape index (κ2) is 8.10. The van der Waals surface area contributed by atoms with Gasteiger partial charge in [0.2, 0.25) is 5.91 Å². The lowest BCUT2D eigenvalue weighted by atomic mass is 9.98. The first-order valence-electron chi connectivity index (χ1n) is 5.70. The second-order valence-electron chi connectivity index (χ2n) is 3.83. The summed E-state index contributed by atoms with van der Waals surface area (Å²) in [6, 6.07) is -1.19. The Labute approximate surface area is 95.9 Å². The summed E-state index contributed by atoms with van der Waals surface area (Å²) in [5.41, 5.74) is 0. The van der Waals surface area contributed by atoms with E-state index in [4.69, 9.17) is 10.2 Å². The molecule has 0 saturated carbocycles. The first kappa shape index (κ1) is 14.9. The average Bonchev–Trinajstić information content (AvgIpc) is 2.26. The summed E-state index contributed by atoms with van der Waals surface area (Å²) in [5.74, 6) is -1.65. The zero-order chi connectivity index (χ0) is 12.6. The van der Waals surface area contributed by atoms with Crippen LogP contribution in [-0.4, -0.2) is 34.7 Å². The summed E-state index contributed by atoms with van der Waals surface area (Å²) in [6.07, 6.45) is 3.40. The number of nitrogens with one attached hydrogen (secondary N) is 1. The van der Waals surface area contributed by atoms with Crippen LogP contribution in [0.1, 0.15) is 39.5 Å². The van der Waals surface area contributed by atoms with Gasteiger partial charge in [-0.1, -0.05) is 26.7 Å². The number of aliphatic carboxylic acids is 1. The molecule has 0 aromatic rings. The summed E-state index contributed by atoms with van der Waals surface area (Å²) >= 11 is 0. The molecule has 0 fully saturated rings. The van der Waals surface area contributed by atoms with Gasteiger partial charge in [0, 0.05) is 5.92 Å². The van der Waals surface area contributed by atoms with E-state index in [0.717, 1.165) is 19.3 Å². The van der Waals surface area contributed by atoms with E-state index in [-0.39, 0.29) is 11.8 Å². The lowest BCUT2D eigenvalue weighted by Gasteiger charge is -2.17. The van der Waals surface area contributed by atoms with Crippen molar-refractivity contribution in [2.24, 2.45) is 5.92 Å². The van der Waals surface area contributed by atoms with Crippen LogP contribution in [0.4, 0.5) is 0 Å². The maximum absolute atomic E-state index is 11.7. The third-order valence-electron chi connectivity index (χ3n) is 2.57. The Morgan fingerprint density at radius 1 is 1.31 bits per heavy atom. The van der Waals surface area contributed by atoms with Gasteiger partial charge in [0.05, 0.1) is 6.61 Å². The van der Waals surface area contributed by atoms with E-state index in [2.05, 4.69) is 5.32 Å². The molecule has 0 aromatic heterocycles. The third kappa shape index (κ3) is 5.11. The third-order valence-corrected chi connectivity index (χ3v) is 2.57. The van der Waals surface area contributed by atoms with E-state index in [0.29, 0.717) is 6.42 Å². The average molecular weight is 231 g/mol. The first-order chi connectivity index (χ1) is 7.56. The molecule has 1 unspecified atom stereocenters. The number of rotatable bonds is 8. The number of hydrogen-bond donors (Lipinski definition) is 3. The molecular weight excluding hydrogens is 210 g/mol. The van der Waals surface area contributed by atoms with E-state index in [1.54, 1.807) is 0 Å². The van der Waals surface area contributed by atoms with Gasteiger partial charge in [-0.15, -0.1) is 0 Å². The minimum absolute atomic E-state index is 0.159. The number of hydrogen-bond acceptors (Lipinski definition) is 3. The molecule has 94 valence electrons. The van der Waals surface area contributed by atoms with Crippen LogP contribution in [0, 0.1) is 5.92 Å². The molecule has 0 aliphatic rings. The van der Waals surface area contributed by atoms with Crippen molar-refractivity contribution in [3.63, 3.8) is 0 Å². The Morgan fingerprint density at radius 3 is 2.31 bits per heavy atom. The second-order valence-corrected chi connectivity index (χ2v) is 3.83. The lowest BCUT2D eigenvalue weighted by Crippen LogP contribution is -2.45. The first-order valence-corrected chi connectivity index (χ1v) is 5.70. The van der Waals surface area contributed by atoms with Crippen molar-refractivity contribution < 1.29 is 19.8 Å². The maximum Gasteiger partial charge on any atom is 0.328 e. The normalized spacial score (nSPS) is 14.2. The van der Waals surface area contributed by atoms with Gasteiger partial charge in [-0.25, -0.2) is 4.79 Å². The molecule has 16 heavy (non-hydrogen) atoms. The van der Waals surface area contributed by atoms with E-state index >= 15 is 0 Å². The molecule has 5 heteroatoms. The molecule has 5 nitrogen and oxygen atoms in total. The number of carboxylic acids is 1. The SMILES string of the molecule is CCCCC(CC)C(=O)N[C@H](CO)C(=O)O. The predicted molar refractivity (Wildman–Crippen MR) is 60.0 cm³/mol. The molecule has 0 bridgehead atoms. The molecule has 3 N–H and O–H groups in total. The fourth-order valence-electron chi connectivity index (χ4n) is 1.45. The molecule has 0 saturated heterocycles. The summed E-state index contributed by atoms with van der Waals surface area (Å²) in [4.78, 5) is 22.3. The van der Waals surface area contributed by atoms with Gasteiger partial charge < -0.3 is 15.5 Å². The van der Waals surface area contributed by atoms with Crippen LogP contribution in [0.5, 0.6) is 0 Å². The van der Waals surface area contributed by atoms with Crippen LogP contribution >= 0.6 is 0 Å². The van der Waals surface area contributed by atoms with Crippen LogP contribution < -0.4 is 5.32 Å².